The highest BCUT2D eigenvalue weighted by atomic mass is 32.1. The molecule has 2 aromatic rings. The molecular formula is C19H25N3O2S. The van der Waals surface area contributed by atoms with E-state index in [4.69, 9.17) is 0 Å². The summed E-state index contributed by atoms with van der Waals surface area (Å²) in [4.78, 5) is 14.4. The first-order valence-electron chi connectivity index (χ1n) is 8.56. The van der Waals surface area contributed by atoms with Gasteiger partial charge in [0.25, 0.3) is 0 Å². The fourth-order valence-corrected chi connectivity index (χ4v) is 4.06. The highest BCUT2D eigenvalue weighted by molar-refractivity contribution is 7.07. The summed E-state index contributed by atoms with van der Waals surface area (Å²) in [6.45, 7) is 0.569. The molecule has 3 N–H and O–H groups in total. The number of carbonyl (C=O) groups excluding carboxylic acids is 1. The molecule has 0 bridgehead atoms. The lowest BCUT2D eigenvalue weighted by Gasteiger charge is -2.27. The molecule has 1 heterocycles. The predicted octanol–water partition coefficient (Wildman–Crippen LogP) is 2.91. The Bertz CT molecular complexity index is 715. The van der Waals surface area contributed by atoms with Crippen LogP contribution in [0.2, 0.25) is 0 Å². The summed E-state index contributed by atoms with van der Waals surface area (Å²) < 4.78 is 0. The highest BCUT2D eigenvalue weighted by Gasteiger charge is 2.21. The monoisotopic (exact) mass is 359 g/mol. The van der Waals surface area contributed by atoms with Gasteiger partial charge in [0.15, 0.2) is 0 Å². The van der Waals surface area contributed by atoms with Crippen LogP contribution in [-0.2, 0) is 12.8 Å². The summed E-state index contributed by atoms with van der Waals surface area (Å²) in [5, 5.41) is 19.9. The average Bonchev–Trinajstić information content (AvgIpc) is 3.08. The maximum absolute atomic E-state index is 12.3. The van der Waals surface area contributed by atoms with E-state index in [0.29, 0.717) is 6.54 Å². The Morgan fingerprint density at radius 1 is 1.36 bits per heavy atom. The molecule has 6 heteroatoms. The molecule has 3 rings (SSSR count). The smallest absolute Gasteiger partial charge is 0.315 e. The van der Waals surface area contributed by atoms with E-state index < -0.39 is 0 Å². The molecule has 2 amide bonds. The zero-order chi connectivity index (χ0) is 17.8. The van der Waals surface area contributed by atoms with Crippen molar-refractivity contribution in [3.63, 3.8) is 0 Å². The number of carbonyl (C=O) groups is 1. The molecule has 1 aromatic heterocycles. The van der Waals surface area contributed by atoms with Gasteiger partial charge < -0.3 is 20.6 Å². The van der Waals surface area contributed by atoms with Crippen molar-refractivity contribution in [2.45, 2.75) is 31.3 Å². The summed E-state index contributed by atoms with van der Waals surface area (Å²) in [6.07, 6.45) is 2.61. The molecule has 1 aromatic carbocycles. The fraction of sp³-hybridized carbons (Fsp3) is 0.421. The van der Waals surface area contributed by atoms with E-state index in [9.17, 15) is 9.90 Å². The van der Waals surface area contributed by atoms with Gasteiger partial charge in [-0.1, -0.05) is 6.07 Å². The van der Waals surface area contributed by atoms with Gasteiger partial charge >= 0.3 is 6.03 Å². The van der Waals surface area contributed by atoms with E-state index in [1.165, 1.54) is 11.1 Å². The van der Waals surface area contributed by atoms with Crippen molar-refractivity contribution in [1.82, 2.24) is 15.5 Å². The summed E-state index contributed by atoms with van der Waals surface area (Å²) in [7, 11) is 4.04. The second kappa shape index (κ2) is 7.89. The van der Waals surface area contributed by atoms with Crippen LogP contribution in [0.25, 0.3) is 0 Å². The molecule has 2 atom stereocenters. The molecule has 0 saturated heterocycles. The Hall–Kier alpha value is -2.05. The first kappa shape index (κ1) is 17.8. The van der Waals surface area contributed by atoms with Crippen LogP contribution >= 0.6 is 11.3 Å². The number of nitrogens with one attached hydrogen (secondary N) is 2. The number of phenolic OH excluding ortho intramolecular Hbond substituents is 1. The number of amides is 2. The number of likely N-dealkylation sites (N-methyl/N-ethyl adjacent to an activating group) is 1. The number of aryl methyl sites for hydroxylation is 1. The molecule has 134 valence electrons. The van der Waals surface area contributed by atoms with Crippen LogP contribution in [0.5, 0.6) is 5.75 Å². The van der Waals surface area contributed by atoms with E-state index in [0.717, 1.165) is 24.8 Å². The van der Waals surface area contributed by atoms with Crippen LogP contribution in [0.1, 0.15) is 29.2 Å². The largest absolute Gasteiger partial charge is 0.508 e. The lowest BCUT2D eigenvalue weighted by molar-refractivity contribution is 0.228. The third kappa shape index (κ3) is 4.52. The van der Waals surface area contributed by atoms with Crippen molar-refractivity contribution in [3.8, 4) is 5.75 Å². The van der Waals surface area contributed by atoms with Crippen LogP contribution in [0.15, 0.2) is 35.0 Å². The van der Waals surface area contributed by atoms with Crippen LogP contribution in [0.3, 0.4) is 0 Å². The molecule has 0 spiro atoms. The van der Waals surface area contributed by atoms with Crippen molar-refractivity contribution >= 4 is 17.4 Å². The van der Waals surface area contributed by atoms with Crippen molar-refractivity contribution in [2.24, 2.45) is 0 Å². The number of phenols is 1. The number of hydrogen-bond donors (Lipinski definition) is 3. The number of hydrogen-bond acceptors (Lipinski definition) is 4. The molecular weight excluding hydrogens is 334 g/mol. The molecule has 0 fully saturated rings. The summed E-state index contributed by atoms with van der Waals surface area (Å²) in [5.41, 5.74) is 3.61. The summed E-state index contributed by atoms with van der Waals surface area (Å²) >= 11 is 1.67. The first-order valence-corrected chi connectivity index (χ1v) is 9.51. The minimum Gasteiger partial charge on any atom is -0.508 e. The Morgan fingerprint density at radius 3 is 2.92 bits per heavy atom. The fourth-order valence-electron chi connectivity index (χ4n) is 3.36. The van der Waals surface area contributed by atoms with Crippen molar-refractivity contribution in [1.29, 1.82) is 0 Å². The number of fused-ring (bicyclic) bond motifs is 1. The second-order valence-corrected chi connectivity index (χ2v) is 7.56. The van der Waals surface area contributed by atoms with Gasteiger partial charge in [-0.2, -0.15) is 11.3 Å². The van der Waals surface area contributed by atoms with E-state index in [1.54, 1.807) is 23.5 Å². The normalized spacial score (nSPS) is 17.8. The van der Waals surface area contributed by atoms with Gasteiger partial charge in [0, 0.05) is 12.6 Å². The summed E-state index contributed by atoms with van der Waals surface area (Å²) in [5.74, 6) is 0.286. The maximum atomic E-state index is 12.3. The number of aromatic hydroxyl groups is 1. The third-order valence-electron chi connectivity index (χ3n) is 4.76. The number of rotatable bonds is 5. The van der Waals surface area contributed by atoms with E-state index in [2.05, 4.69) is 32.4 Å². The quantitative estimate of drug-likeness (QED) is 0.769. The molecule has 0 saturated carbocycles. The van der Waals surface area contributed by atoms with Gasteiger partial charge in [0.2, 0.25) is 0 Å². The average molecular weight is 359 g/mol. The van der Waals surface area contributed by atoms with Gasteiger partial charge in [-0.05, 0) is 79.0 Å². The van der Waals surface area contributed by atoms with Crippen molar-refractivity contribution in [3.05, 3.63) is 51.7 Å². The summed E-state index contributed by atoms with van der Waals surface area (Å²) in [6, 6.07) is 7.75. The molecule has 1 unspecified atom stereocenters. The van der Waals surface area contributed by atoms with E-state index in [-0.39, 0.29) is 23.9 Å². The van der Waals surface area contributed by atoms with Crippen LogP contribution in [-0.4, -0.2) is 42.7 Å². The molecule has 0 radical (unpaired) electrons. The number of nitrogens with zero attached hydrogens (tertiary/aromatic N) is 1. The Labute approximate surface area is 152 Å². The van der Waals surface area contributed by atoms with Crippen LogP contribution in [0, 0.1) is 0 Å². The predicted molar refractivity (Wildman–Crippen MR) is 101 cm³/mol. The van der Waals surface area contributed by atoms with Crippen molar-refractivity contribution < 1.29 is 9.90 Å². The minimum absolute atomic E-state index is 0.105. The van der Waals surface area contributed by atoms with Gasteiger partial charge in [-0.3, -0.25) is 0 Å². The van der Waals surface area contributed by atoms with Crippen molar-refractivity contribution in [2.75, 3.05) is 20.6 Å². The SMILES string of the molecule is CN(C)C(CNC(=O)N[C@@H]1CCc2ccc(O)cc2C1)c1ccsc1. The molecule has 25 heavy (non-hydrogen) atoms. The molecule has 1 aliphatic carbocycles. The first-order chi connectivity index (χ1) is 12.0. The molecule has 1 aliphatic rings. The topological polar surface area (TPSA) is 64.6 Å². The van der Waals surface area contributed by atoms with Gasteiger partial charge in [-0.25, -0.2) is 4.79 Å². The van der Waals surface area contributed by atoms with E-state index in [1.807, 2.05) is 20.2 Å². The molecule has 0 aliphatic heterocycles. The Kier molecular flexibility index (Phi) is 5.60. The lowest BCUT2D eigenvalue weighted by Crippen LogP contribution is -2.46. The standard InChI is InChI=1S/C19H25N3O2S/c1-22(2)18(14-7-8-25-12-14)11-20-19(24)21-16-5-3-13-4-6-17(23)10-15(13)9-16/h4,6-8,10,12,16,18,23H,3,5,9,11H2,1-2H3,(H2,20,21,24)/t16-,18?/m1/s1. The maximum Gasteiger partial charge on any atom is 0.315 e. The Morgan fingerprint density at radius 2 is 2.20 bits per heavy atom. The third-order valence-corrected chi connectivity index (χ3v) is 5.46. The number of urea groups is 1. The molecule has 5 nitrogen and oxygen atoms in total. The second-order valence-electron chi connectivity index (χ2n) is 6.78. The van der Waals surface area contributed by atoms with Crippen LogP contribution < -0.4 is 10.6 Å². The number of thiophene rings is 1. The van der Waals surface area contributed by atoms with Gasteiger partial charge in [0.05, 0.1) is 6.04 Å². The lowest BCUT2D eigenvalue weighted by atomic mass is 9.88. The van der Waals surface area contributed by atoms with Crippen LogP contribution in [0.4, 0.5) is 4.79 Å². The zero-order valence-electron chi connectivity index (χ0n) is 14.7. The highest BCUT2D eigenvalue weighted by Crippen LogP contribution is 2.25. The van der Waals surface area contributed by atoms with E-state index >= 15 is 0 Å². The van der Waals surface area contributed by atoms with Gasteiger partial charge in [0.1, 0.15) is 5.75 Å². The van der Waals surface area contributed by atoms with Gasteiger partial charge in [-0.15, -0.1) is 0 Å². The number of benzene rings is 1. The minimum atomic E-state index is -0.129. The Balaban J connectivity index is 1.53. The zero-order valence-corrected chi connectivity index (χ0v) is 15.5.